The second-order valence-electron chi connectivity index (χ2n) is 4.81. The summed E-state index contributed by atoms with van der Waals surface area (Å²) in [5, 5.41) is 17.1. The van der Waals surface area contributed by atoms with Gasteiger partial charge in [0.1, 0.15) is 5.76 Å². The smallest absolute Gasteiger partial charge is 0.200 e. The van der Waals surface area contributed by atoms with Crippen LogP contribution >= 0.6 is 12.2 Å². The molecule has 1 aliphatic rings. The van der Waals surface area contributed by atoms with E-state index >= 15 is 0 Å². The molecule has 2 aromatic rings. The van der Waals surface area contributed by atoms with Gasteiger partial charge >= 0.3 is 0 Å². The highest BCUT2D eigenvalue weighted by Gasteiger charge is 2.17. The molecule has 0 bridgehead atoms. The van der Waals surface area contributed by atoms with E-state index in [-0.39, 0.29) is 5.76 Å². The summed E-state index contributed by atoms with van der Waals surface area (Å²) in [7, 11) is 0. The number of nitrogens with one attached hydrogen (secondary N) is 1. The van der Waals surface area contributed by atoms with Crippen LogP contribution < -0.4 is 0 Å². The van der Waals surface area contributed by atoms with E-state index in [1.807, 2.05) is 47.9 Å². The van der Waals surface area contributed by atoms with E-state index < -0.39 is 0 Å². The summed E-state index contributed by atoms with van der Waals surface area (Å²) in [6.07, 6.45) is 5.55. The predicted octanol–water partition coefficient (Wildman–Crippen LogP) is 3.86. The van der Waals surface area contributed by atoms with Crippen molar-refractivity contribution >= 4 is 17.8 Å². The Hall–Kier alpha value is -2.14. The lowest BCUT2D eigenvalue weighted by atomic mass is 10.0. The summed E-state index contributed by atoms with van der Waals surface area (Å²) in [6.45, 7) is 2.04. The highest BCUT2D eigenvalue weighted by atomic mass is 32.1. The Morgan fingerprint density at radius 3 is 2.60 bits per heavy atom. The quantitative estimate of drug-likeness (QED) is 0.824. The Labute approximate surface area is 122 Å². The van der Waals surface area contributed by atoms with Crippen LogP contribution in [-0.2, 0) is 0 Å². The lowest BCUT2D eigenvalue weighted by Gasteiger charge is -2.12. The third-order valence-electron chi connectivity index (χ3n) is 3.33. The summed E-state index contributed by atoms with van der Waals surface area (Å²) in [5.74, 6) is 0.908. The fourth-order valence-electron chi connectivity index (χ4n) is 2.28. The molecule has 0 radical (unpaired) electrons. The van der Waals surface area contributed by atoms with Crippen molar-refractivity contribution in [1.29, 1.82) is 0 Å². The molecule has 3 rings (SSSR count). The Morgan fingerprint density at radius 2 is 1.90 bits per heavy atom. The molecule has 0 aliphatic heterocycles. The summed E-state index contributed by atoms with van der Waals surface area (Å²) in [5.41, 5.74) is 2.85. The predicted molar refractivity (Wildman–Crippen MR) is 81.4 cm³/mol. The van der Waals surface area contributed by atoms with Gasteiger partial charge in [-0.2, -0.15) is 5.10 Å². The van der Waals surface area contributed by atoms with Gasteiger partial charge in [-0.25, -0.2) is 0 Å². The van der Waals surface area contributed by atoms with Crippen LogP contribution in [0.3, 0.4) is 0 Å². The van der Waals surface area contributed by atoms with E-state index in [2.05, 4.69) is 10.2 Å². The molecule has 0 spiro atoms. The number of hydrogen-bond acceptors (Lipinski definition) is 3. The van der Waals surface area contributed by atoms with Crippen molar-refractivity contribution in [2.45, 2.75) is 19.8 Å². The number of aliphatic hydroxyl groups excluding tert-OH is 1. The molecule has 4 nitrogen and oxygen atoms in total. The van der Waals surface area contributed by atoms with Crippen molar-refractivity contribution < 1.29 is 5.11 Å². The summed E-state index contributed by atoms with van der Waals surface area (Å²) >= 11 is 5.31. The molecule has 102 valence electrons. The number of aryl methyl sites for hydroxylation is 1. The SMILES string of the molecule is Cc1ccc(-n2c(C3=CCCC=C3O)n[nH]c2=S)cc1. The third-order valence-corrected chi connectivity index (χ3v) is 3.61. The molecule has 0 atom stereocenters. The van der Waals surface area contributed by atoms with Gasteiger partial charge in [0.05, 0.1) is 5.57 Å². The molecule has 0 saturated carbocycles. The molecule has 1 aliphatic carbocycles. The number of aliphatic hydroxyl groups is 1. The average Bonchev–Trinajstić information content (AvgIpc) is 2.82. The lowest BCUT2D eigenvalue weighted by Crippen LogP contribution is -2.04. The molecule has 0 unspecified atom stereocenters. The zero-order valence-electron chi connectivity index (χ0n) is 11.1. The zero-order valence-corrected chi connectivity index (χ0v) is 11.9. The summed E-state index contributed by atoms with van der Waals surface area (Å²) < 4.78 is 2.36. The number of benzene rings is 1. The Kier molecular flexibility index (Phi) is 3.28. The first-order valence-electron chi connectivity index (χ1n) is 6.51. The minimum Gasteiger partial charge on any atom is -0.508 e. The molecular weight excluding hydrogens is 270 g/mol. The maximum atomic E-state index is 10.0. The molecule has 0 saturated heterocycles. The molecule has 0 fully saturated rings. The van der Waals surface area contributed by atoms with Crippen LogP contribution in [0.1, 0.15) is 24.2 Å². The van der Waals surface area contributed by atoms with Crippen molar-refractivity contribution in [1.82, 2.24) is 14.8 Å². The molecular formula is C15H15N3OS. The van der Waals surface area contributed by atoms with Crippen LogP contribution in [-0.4, -0.2) is 19.9 Å². The first kappa shape index (κ1) is 12.9. The van der Waals surface area contributed by atoms with E-state index in [1.54, 1.807) is 0 Å². The maximum Gasteiger partial charge on any atom is 0.200 e. The van der Waals surface area contributed by atoms with Crippen molar-refractivity contribution in [3.8, 4) is 5.69 Å². The second kappa shape index (κ2) is 5.09. The molecule has 0 amide bonds. The number of H-pyrrole nitrogens is 1. The van der Waals surface area contributed by atoms with Crippen LogP contribution in [0, 0.1) is 11.7 Å². The summed E-state index contributed by atoms with van der Waals surface area (Å²) in [4.78, 5) is 0. The molecule has 2 N–H and O–H groups in total. The topological polar surface area (TPSA) is 53.8 Å². The van der Waals surface area contributed by atoms with E-state index in [9.17, 15) is 5.11 Å². The number of rotatable bonds is 2. The van der Waals surface area contributed by atoms with E-state index in [1.165, 1.54) is 5.56 Å². The van der Waals surface area contributed by atoms with Crippen molar-refractivity contribution in [3.05, 3.63) is 58.3 Å². The van der Waals surface area contributed by atoms with Crippen molar-refractivity contribution in [3.63, 3.8) is 0 Å². The Balaban J connectivity index is 2.15. The fourth-order valence-corrected chi connectivity index (χ4v) is 2.52. The molecule has 1 aromatic carbocycles. The molecule has 5 heteroatoms. The third kappa shape index (κ3) is 2.20. The van der Waals surface area contributed by atoms with Crippen LogP contribution in [0.5, 0.6) is 0 Å². The van der Waals surface area contributed by atoms with Crippen molar-refractivity contribution in [2.24, 2.45) is 0 Å². The van der Waals surface area contributed by atoms with E-state index in [0.717, 1.165) is 24.1 Å². The van der Waals surface area contributed by atoms with Gasteiger partial charge in [0.2, 0.25) is 0 Å². The average molecular weight is 285 g/mol. The maximum absolute atomic E-state index is 10.0. The number of nitrogens with zero attached hydrogens (tertiary/aromatic N) is 2. The zero-order chi connectivity index (χ0) is 14.1. The van der Waals surface area contributed by atoms with Crippen molar-refractivity contribution in [2.75, 3.05) is 0 Å². The monoisotopic (exact) mass is 285 g/mol. The van der Waals surface area contributed by atoms with Gasteiger partial charge in [-0.1, -0.05) is 23.8 Å². The van der Waals surface area contributed by atoms with Gasteiger partial charge < -0.3 is 5.11 Å². The Bertz CT molecular complexity index is 750. The van der Waals surface area contributed by atoms with Crippen LogP contribution in [0.25, 0.3) is 11.3 Å². The minimum atomic E-state index is 0.263. The summed E-state index contributed by atoms with van der Waals surface area (Å²) in [6, 6.07) is 8.04. The highest BCUT2D eigenvalue weighted by Crippen LogP contribution is 2.27. The van der Waals surface area contributed by atoms with Gasteiger partial charge in [0, 0.05) is 5.69 Å². The fraction of sp³-hybridized carbons (Fsp3) is 0.200. The Morgan fingerprint density at radius 1 is 1.20 bits per heavy atom. The van der Waals surface area contributed by atoms with Gasteiger partial charge in [-0.15, -0.1) is 0 Å². The van der Waals surface area contributed by atoms with Crippen LogP contribution in [0.15, 0.2) is 42.2 Å². The molecule has 20 heavy (non-hydrogen) atoms. The van der Waals surface area contributed by atoms with Crippen LogP contribution in [0.4, 0.5) is 0 Å². The normalized spacial score (nSPS) is 14.8. The molecule has 1 heterocycles. The standard InChI is InChI=1S/C15H15N3OS/c1-10-6-8-11(9-7-10)18-14(16-17-15(18)20)12-4-2-3-5-13(12)19/h4-9,19H,2-3H2,1H3,(H,17,20). The number of aromatic amines is 1. The number of allylic oxidation sites excluding steroid dienone is 3. The largest absolute Gasteiger partial charge is 0.508 e. The van der Waals surface area contributed by atoms with Gasteiger partial charge in [-0.3, -0.25) is 9.67 Å². The number of aromatic nitrogens is 3. The van der Waals surface area contributed by atoms with Gasteiger partial charge in [-0.05, 0) is 50.2 Å². The lowest BCUT2D eigenvalue weighted by molar-refractivity contribution is 0.431. The first-order chi connectivity index (χ1) is 9.66. The minimum absolute atomic E-state index is 0.263. The van der Waals surface area contributed by atoms with Gasteiger partial charge in [0.25, 0.3) is 0 Å². The molecule has 1 aromatic heterocycles. The highest BCUT2D eigenvalue weighted by molar-refractivity contribution is 7.71. The number of hydrogen-bond donors (Lipinski definition) is 2. The van der Waals surface area contributed by atoms with E-state index in [4.69, 9.17) is 12.2 Å². The second-order valence-corrected chi connectivity index (χ2v) is 5.19. The van der Waals surface area contributed by atoms with Gasteiger partial charge in [0.15, 0.2) is 10.6 Å². The first-order valence-corrected chi connectivity index (χ1v) is 6.92. The van der Waals surface area contributed by atoms with E-state index in [0.29, 0.717) is 10.6 Å². The van der Waals surface area contributed by atoms with Crippen LogP contribution in [0.2, 0.25) is 0 Å².